The molecule has 20 heavy (non-hydrogen) atoms. The zero-order valence-electron chi connectivity index (χ0n) is 12.2. The normalized spacial score (nSPS) is 12.3. The van der Waals surface area contributed by atoms with Gasteiger partial charge in [0.15, 0.2) is 0 Å². The van der Waals surface area contributed by atoms with Crippen molar-refractivity contribution in [1.82, 2.24) is 5.32 Å². The van der Waals surface area contributed by atoms with E-state index in [9.17, 15) is 0 Å². The molecule has 0 aliphatic carbocycles. The summed E-state index contributed by atoms with van der Waals surface area (Å²) in [7, 11) is 0. The largest absolute Gasteiger partial charge is 0.310 e. The maximum absolute atomic E-state index is 3.61. The lowest BCUT2D eigenvalue weighted by molar-refractivity contribution is 0.547. The van der Waals surface area contributed by atoms with E-state index < -0.39 is 0 Å². The Kier molecular flexibility index (Phi) is 6.05. The third-order valence-electron chi connectivity index (χ3n) is 3.60. The molecule has 0 radical (unpaired) electrons. The number of hydrogen-bond donors (Lipinski definition) is 1. The van der Waals surface area contributed by atoms with Gasteiger partial charge in [-0.1, -0.05) is 56.3 Å². The topological polar surface area (TPSA) is 12.0 Å². The van der Waals surface area contributed by atoms with Crippen molar-refractivity contribution in [3.63, 3.8) is 0 Å². The van der Waals surface area contributed by atoms with Crippen LogP contribution >= 0.6 is 22.6 Å². The molecule has 1 N–H and O–H groups in total. The number of halogens is 1. The van der Waals surface area contributed by atoms with Gasteiger partial charge < -0.3 is 5.32 Å². The SMILES string of the molecule is CCNC(Cc1ccc(CC)cc1)c1ccccc1I. The molecule has 0 bridgehead atoms. The second-order valence-corrected chi connectivity index (χ2v) is 6.17. The van der Waals surface area contributed by atoms with E-state index in [2.05, 4.69) is 90.3 Å². The summed E-state index contributed by atoms with van der Waals surface area (Å²) in [4.78, 5) is 0. The fourth-order valence-corrected chi connectivity index (χ4v) is 3.21. The van der Waals surface area contributed by atoms with E-state index in [0.717, 1.165) is 19.4 Å². The van der Waals surface area contributed by atoms with Crippen molar-refractivity contribution in [1.29, 1.82) is 0 Å². The average Bonchev–Trinajstić information content (AvgIpc) is 2.48. The molecule has 0 saturated heterocycles. The van der Waals surface area contributed by atoms with Gasteiger partial charge in [0, 0.05) is 9.61 Å². The Morgan fingerprint density at radius 3 is 2.20 bits per heavy atom. The second kappa shape index (κ2) is 7.79. The predicted molar refractivity (Wildman–Crippen MR) is 95.1 cm³/mol. The van der Waals surface area contributed by atoms with Crippen molar-refractivity contribution in [2.45, 2.75) is 32.7 Å². The summed E-state index contributed by atoms with van der Waals surface area (Å²) in [6, 6.07) is 18.0. The van der Waals surface area contributed by atoms with Crippen LogP contribution in [0.2, 0.25) is 0 Å². The van der Waals surface area contributed by atoms with E-state index in [4.69, 9.17) is 0 Å². The molecule has 106 valence electrons. The van der Waals surface area contributed by atoms with Crippen LogP contribution in [-0.4, -0.2) is 6.54 Å². The Morgan fingerprint density at radius 2 is 1.60 bits per heavy atom. The number of aryl methyl sites for hydroxylation is 1. The van der Waals surface area contributed by atoms with Crippen molar-refractivity contribution in [3.8, 4) is 0 Å². The molecule has 0 amide bonds. The lowest BCUT2D eigenvalue weighted by Crippen LogP contribution is -2.23. The van der Waals surface area contributed by atoms with Crippen LogP contribution in [0, 0.1) is 3.57 Å². The molecular formula is C18H22IN. The number of rotatable bonds is 6. The Hall–Kier alpha value is -0.870. The number of nitrogens with one attached hydrogen (secondary N) is 1. The van der Waals surface area contributed by atoms with E-state index in [-0.39, 0.29) is 0 Å². The van der Waals surface area contributed by atoms with Gasteiger partial charge in [-0.2, -0.15) is 0 Å². The van der Waals surface area contributed by atoms with Gasteiger partial charge in [-0.05, 0) is 64.7 Å². The Labute approximate surface area is 135 Å². The van der Waals surface area contributed by atoms with E-state index in [1.807, 2.05) is 0 Å². The van der Waals surface area contributed by atoms with Crippen molar-refractivity contribution >= 4 is 22.6 Å². The molecule has 0 fully saturated rings. The summed E-state index contributed by atoms with van der Waals surface area (Å²) in [5.74, 6) is 0. The molecule has 2 rings (SSSR count). The van der Waals surface area contributed by atoms with Crippen LogP contribution in [0.15, 0.2) is 48.5 Å². The molecule has 0 aromatic heterocycles. The van der Waals surface area contributed by atoms with Crippen LogP contribution in [0.5, 0.6) is 0 Å². The molecule has 1 nitrogen and oxygen atoms in total. The lowest BCUT2D eigenvalue weighted by atomic mass is 9.98. The molecule has 1 atom stereocenters. The van der Waals surface area contributed by atoms with Gasteiger partial charge in [0.25, 0.3) is 0 Å². The maximum Gasteiger partial charge on any atom is 0.0371 e. The number of benzene rings is 2. The predicted octanol–water partition coefficient (Wildman–Crippen LogP) is 4.75. The summed E-state index contributed by atoms with van der Waals surface area (Å²) in [6.45, 7) is 5.36. The molecule has 1 unspecified atom stereocenters. The Balaban J connectivity index is 2.18. The summed E-state index contributed by atoms with van der Waals surface area (Å²) in [5.41, 5.74) is 4.20. The maximum atomic E-state index is 3.61. The van der Waals surface area contributed by atoms with Gasteiger partial charge in [-0.25, -0.2) is 0 Å². The standard InChI is InChI=1S/C18H22IN/c1-3-14-9-11-15(12-10-14)13-18(20-4-2)16-7-5-6-8-17(16)19/h5-12,18,20H,3-4,13H2,1-2H3. The first-order chi connectivity index (χ1) is 9.74. The van der Waals surface area contributed by atoms with Crippen molar-refractivity contribution in [2.75, 3.05) is 6.54 Å². The highest BCUT2D eigenvalue weighted by Crippen LogP contribution is 2.23. The van der Waals surface area contributed by atoms with Crippen LogP contribution in [0.1, 0.15) is 36.6 Å². The van der Waals surface area contributed by atoms with Gasteiger partial charge in [-0.3, -0.25) is 0 Å². The minimum atomic E-state index is 0.389. The van der Waals surface area contributed by atoms with E-state index in [0.29, 0.717) is 6.04 Å². The molecule has 0 aliphatic heterocycles. The molecule has 2 aromatic rings. The van der Waals surface area contributed by atoms with Crippen LogP contribution < -0.4 is 5.32 Å². The van der Waals surface area contributed by atoms with Crippen molar-refractivity contribution in [2.24, 2.45) is 0 Å². The Bertz CT molecular complexity index is 533. The highest BCUT2D eigenvalue weighted by molar-refractivity contribution is 14.1. The summed E-state index contributed by atoms with van der Waals surface area (Å²) in [5, 5.41) is 3.61. The molecule has 0 saturated carbocycles. The molecule has 0 aliphatic rings. The zero-order chi connectivity index (χ0) is 14.4. The molecule has 0 heterocycles. The number of likely N-dealkylation sites (N-methyl/N-ethyl adjacent to an activating group) is 1. The lowest BCUT2D eigenvalue weighted by Gasteiger charge is -2.20. The molecular weight excluding hydrogens is 357 g/mol. The number of hydrogen-bond acceptors (Lipinski definition) is 1. The molecule has 2 heteroatoms. The smallest absolute Gasteiger partial charge is 0.0371 e. The Morgan fingerprint density at radius 1 is 0.950 bits per heavy atom. The highest BCUT2D eigenvalue weighted by Gasteiger charge is 2.13. The first kappa shape index (κ1) is 15.5. The third kappa shape index (κ3) is 4.06. The van der Waals surface area contributed by atoms with Crippen LogP contribution in [0.4, 0.5) is 0 Å². The van der Waals surface area contributed by atoms with E-state index in [1.165, 1.54) is 20.3 Å². The summed E-state index contributed by atoms with van der Waals surface area (Å²) >= 11 is 2.43. The highest BCUT2D eigenvalue weighted by atomic mass is 127. The van der Waals surface area contributed by atoms with Crippen LogP contribution in [-0.2, 0) is 12.8 Å². The van der Waals surface area contributed by atoms with Gasteiger partial charge in [-0.15, -0.1) is 0 Å². The second-order valence-electron chi connectivity index (χ2n) is 5.01. The first-order valence-corrected chi connectivity index (χ1v) is 8.38. The van der Waals surface area contributed by atoms with E-state index >= 15 is 0 Å². The average molecular weight is 379 g/mol. The fraction of sp³-hybridized carbons (Fsp3) is 0.333. The fourth-order valence-electron chi connectivity index (χ4n) is 2.44. The zero-order valence-corrected chi connectivity index (χ0v) is 14.4. The first-order valence-electron chi connectivity index (χ1n) is 7.30. The summed E-state index contributed by atoms with van der Waals surface area (Å²) in [6.07, 6.45) is 2.14. The monoisotopic (exact) mass is 379 g/mol. The van der Waals surface area contributed by atoms with Gasteiger partial charge in [0.05, 0.1) is 0 Å². The minimum absolute atomic E-state index is 0.389. The van der Waals surface area contributed by atoms with E-state index in [1.54, 1.807) is 0 Å². The molecule has 2 aromatic carbocycles. The third-order valence-corrected chi connectivity index (χ3v) is 4.58. The quantitative estimate of drug-likeness (QED) is 0.715. The van der Waals surface area contributed by atoms with Gasteiger partial charge >= 0.3 is 0 Å². The van der Waals surface area contributed by atoms with Crippen molar-refractivity contribution < 1.29 is 0 Å². The minimum Gasteiger partial charge on any atom is -0.310 e. The van der Waals surface area contributed by atoms with Crippen LogP contribution in [0.3, 0.4) is 0 Å². The van der Waals surface area contributed by atoms with Gasteiger partial charge in [0.2, 0.25) is 0 Å². The van der Waals surface area contributed by atoms with Gasteiger partial charge in [0.1, 0.15) is 0 Å². The molecule has 0 spiro atoms. The van der Waals surface area contributed by atoms with Crippen molar-refractivity contribution in [3.05, 3.63) is 68.8 Å². The van der Waals surface area contributed by atoms with Crippen LogP contribution in [0.25, 0.3) is 0 Å². The summed E-state index contributed by atoms with van der Waals surface area (Å²) < 4.78 is 1.33.